The lowest BCUT2D eigenvalue weighted by Gasteiger charge is -2.36. The van der Waals surface area contributed by atoms with Gasteiger partial charge in [-0.2, -0.15) is 0 Å². The van der Waals surface area contributed by atoms with Crippen LogP contribution < -0.4 is 10.1 Å². The number of nitrogens with zero attached hydrogens (tertiary/aromatic N) is 1. The molecule has 1 saturated carbocycles. The molecular weight excluding hydrogens is 348 g/mol. The molecule has 2 aliphatic rings. The molecule has 0 atom stereocenters. The van der Waals surface area contributed by atoms with E-state index in [1.54, 1.807) is 38.1 Å². The number of benzene rings is 1. The topological polar surface area (TPSA) is 41.6 Å². The third-order valence-corrected chi connectivity index (χ3v) is 6.03. The molecule has 0 bridgehead atoms. The number of hydrogen-bond acceptors (Lipinski definition) is 3. The molecule has 5 heteroatoms. The Morgan fingerprint density at radius 1 is 1.15 bits per heavy atom. The average Bonchev–Trinajstić information content (AvgIpc) is 3.16. The molecule has 144 valence electrons. The fourth-order valence-electron chi connectivity index (χ4n) is 4.09. The minimum atomic E-state index is -0.904. The van der Waals surface area contributed by atoms with E-state index in [0.717, 1.165) is 12.6 Å². The Balaban J connectivity index is 1.42. The molecule has 1 aromatic carbocycles. The van der Waals surface area contributed by atoms with Crippen LogP contribution in [0.15, 0.2) is 24.3 Å². The number of rotatable bonds is 6. The van der Waals surface area contributed by atoms with Gasteiger partial charge in [0.25, 0.3) is 5.91 Å². The van der Waals surface area contributed by atoms with Crippen LogP contribution in [0.1, 0.15) is 52.4 Å². The predicted molar refractivity (Wildman–Crippen MR) is 106 cm³/mol. The summed E-state index contributed by atoms with van der Waals surface area (Å²) in [4.78, 5) is 15.2. The molecule has 1 heterocycles. The highest BCUT2D eigenvalue weighted by atomic mass is 35.5. The zero-order chi connectivity index (χ0) is 18.6. The van der Waals surface area contributed by atoms with Crippen molar-refractivity contribution >= 4 is 17.5 Å². The van der Waals surface area contributed by atoms with Gasteiger partial charge in [0.2, 0.25) is 0 Å². The third-order valence-electron chi connectivity index (χ3n) is 5.77. The summed E-state index contributed by atoms with van der Waals surface area (Å²) in [6, 6.07) is 7.93. The van der Waals surface area contributed by atoms with Gasteiger partial charge >= 0.3 is 0 Å². The van der Waals surface area contributed by atoms with Gasteiger partial charge in [-0.15, -0.1) is 0 Å². The van der Waals surface area contributed by atoms with Gasteiger partial charge in [-0.3, -0.25) is 4.79 Å². The summed E-state index contributed by atoms with van der Waals surface area (Å²) in [5.74, 6) is 1.16. The monoisotopic (exact) mass is 378 g/mol. The molecule has 0 spiro atoms. The maximum absolute atomic E-state index is 12.6. The van der Waals surface area contributed by atoms with E-state index in [0.29, 0.717) is 16.7 Å². The van der Waals surface area contributed by atoms with Gasteiger partial charge in [-0.25, -0.2) is 0 Å². The van der Waals surface area contributed by atoms with E-state index in [9.17, 15) is 4.79 Å². The van der Waals surface area contributed by atoms with Gasteiger partial charge in [0.1, 0.15) is 5.75 Å². The minimum absolute atomic E-state index is 0.0642. The molecule has 1 aliphatic heterocycles. The molecule has 1 aliphatic carbocycles. The number of halogens is 1. The van der Waals surface area contributed by atoms with Crippen molar-refractivity contribution in [2.24, 2.45) is 5.92 Å². The number of ether oxygens (including phenoxy) is 1. The lowest BCUT2D eigenvalue weighted by Crippen LogP contribution is -2.49. The number of hydrogen-bond donors (Lipinski definition) is 1. The van der Waals surface area contributed by atoms with Gasteiger partial charge in [0.05, 0.1) is 0 Å². The van der Waals surface area contributed by atoms with Crippen LogP contribution in [0.3, 0.4) is 0 Å². The summed E-state index contributed by atoms with van der Waals surface area (Å²) in [5, 5.41) is 3.76. The summed E-state index contributed by atoms with van der Waals surface area (Å²) >= 11 is 5.89. The second-order valence-electron chi connectivity index (χ2n) is 8.19. The summed E-state index contributed by atoms with van der Waals surface area (Å²) in [6.45, 7) is 6.70. The van der Waals surface area contributed by atoms with E-state index in [1.165, 1.54) is 51.6 Å². The Hall–Kier alpha value is -1.26. The second kappa shape index (κ2) is 8.62. The van der Waals surface area contributed by atoms with E-state index in [1.807, 2.05) is 0 Å². The van der Waals surface area contributed by atoms with Crippen molar-refractivity contribution in [3.8, 4) is 5.75 Å². The fraction of sp³-hybridized carbons (Fsp3) is 0.667. The van der Waals surface area contributed by atoms with Crippen LogP contribution in [-0.2, 0) is 4.79 Å². The molecule has 1 saturated heterocycles. The molecule has 1 N–H and O–H groups in total. The van der Waals surface area contributed by atoms with E-state index in [2.05, 4.69) is 10.2 Å². The molecule has 0 aromatic heterocycles. The fourth-order valence-corrected chi connectivity index (χ4v) is 4.21. The first-order chi connectivity index (χ1) is 12.4. The molecule has 26 heavy (non-hydrogen) atoms. The van der Waals surface area contributed by atoms with Gasteiger partial charge < -0.3 is 15.0 Å². The van der Waals surface area contributed by atoms with Gasteiger partial charge in [-0.05, 0) is 82.8 Å². The number of likely N-dealkylation sites (tertiary alicyclic amines) is 1. The SMILES string of the molecule is CC(C)(Oc1ccc(Cl)cc1)C(=O)NCC1CCN(C2CCCC2)CC1. The van der Waals surface area contributed by atoms with Crippen molar-refractivity contribution in [1.29, 1.82) is 0 Å². The van der Waals surface area contributed by atoms with E-state index in [4.69, 9.17) is 16.3 Å². The van der Waals surface area contributed by atoms with Gasteiger partial charge in [0.15, 0.2) is 5.60 Å². The van der Waals surface area contributed by atoms with E-state index in [-0.39, 0.29) is 5.91 Å². The Morgan fingerprint density at radius 3 is 2.38 bits per heavy atom. The highest BCUT2D eigenvalue weighted by molar-refractivity contribution is 6.30. The standard InChI is InChI=1S/C21H31ClN2O2/c1-21(2,26-19-9-7-17(22)8-10-19)20(25)23-15-16-11-13-24(14-12-16)18-5-3-4-6-18/h7-10,16,18H,3-6,11-15H2,1-2H3,(H,23,25). The van der Waals surface area contributed by atoms with Crippen LogP contribution >= 0.6 is 11.6 Å². The number of piperidine rings is 1. The zero-order valence-corrected chi connectivity index (χ0v) is 16.7. The largest absolute Gasteiger partial charge is 0.478 e. The normalized spacial score (nSPS) is 20.3. The molecule has 0 radical (unpaired) electrons. The highest BCUT2D eigenvalue weighted by Crippen LogP contribution is 2.28. The maximum atomic E-state index is 12.6. The summed E-state index contributed by atoms with van der Waals surface area (Å²) < 4.78 is 5.86. The predicted octanol–water partition coefficient (Wildman–Crippen LogP) is 4.27. The first kappa shape index (κ1) is 19.5. The van der Waals surface area contributed by atoms with Crippen LogP contribution in [0.5, 0.6) is 5.75 Å². The van der Waals surface area contributed by atoms with E-state index >= 15 is 0 Å². The average molecular weight is 379 g/mol. The lowest BCUT2D eigenvalue weighted by molar-refractivity contribution is -0.134. The smallest absolute Gasteiger partial charge is 0.263 e. The number of amides is 1. The van der Waals surface area contributed by atoms with Crippen LogP contribution in [0, 0.1) is 5.92 Å². The number of carbonyl (C=O) groups excluding carboxylic acids is 1. The van der Waals surface area contributed by atoms with Crippen LogP contribution in [0.25, 0.3) is 0 Å². The molecule has 1 amide bonds. The Bertz CT molecular complexity index is 589. The summed E-state index contributed by atoms with van der Waals surface area (Å²) in [5.41, 5.74) is -0.904. The second-order valence-corrected chi connectivity index (χ2v) is 8.63. The van der Waals surface area contributed by atoms with Crippen molar-refractivity contribution in [2.45, 2.75) is 64.0 Å². The Labute approximate surface area is 162 Å². The van der Waals surface area contributed by atoms with Crippen molar-refractivity contribution in [3.63, 3.8) is 0 Å². The van der Waals surface area contributed by atoms with Crippen molar-refractivity contribution in [3.05, 3.63) is 29.3 Å². The first-order valence-electron chi connectivity index (χ1n) is 9.91. The molecule has 1 aromatic rings. The van der Waals surface area contributed by atoms with Crippen LogP contribution in [0.4, 0.5) is 0 Å². The zero-order valence-electron chi connectivity index (χ0n) is 16.0. The molecule has 2 fully saturated rings. The maximum Gasteiger partial charge on any atom is 0.263 e. The number of carbonyl (C=O) groups is 1. The van der Waals surface area contributed by atoms with Crippen LogP contribution in [0.2, 0.25) is 5.02 Å². The number of nitrogens with one attached hydrogen (secondary N) is 1. The van der Waals surface area contributed by atoms with E-state index < -0.39 is 5.60 Å². The molecule has 3 rings (SSSR count). The van der Waals surface area contributed by atoms with Gasteiger partial charge in [-0.1, -0.05) is 24.4 Å². The minimum Gasteiger partial charge on any atom is -0.478 e. The quantitative estimate of drug-likeness (QED) is 0.803. The van der Waals surface area contributed by atoms with Crippen molar-refractivity contribution in [1.82, 2.24) is 10.2 Å². The summed E-state index contributed by atoms with van der Waals surface area (Å²) in [7, 11) is 0. The van der Waals surface area contributed by atoms with Crippen molar-refractivity contribution in [2.75, 3.05) is 19.6 Å². The third kappa shape index (κ3) is 5.14. The summed E-state index contributed by atoms with van der Waals surface area (Å²) in [6.07, 6.45) is 7.88. The Kier molecular flexibility index (Phi) is 6.46. The van der Waals surface area contributed by atoms with Crippen LogP contribution in [-0.4, -0.2) is 42.1 Å². The van der Waals surface area contributed by atoms with Gasteiger partial charge in [0, 0.05) is 17.6 Å². The first-order valence-corrected chi connectivity index (χ1v) is 10.3. The lowest BCUT2D eigenvalue weighted by atomic mass is 9.95. The molecular formula is C21H31ClN2O2. The highest BCUT2D eigenvalue weighted by Gasteiger charge is 2.31. The van der Waals surface area contributed by atoms with Crippen molar-refractivity contribution < 1.29 is 9.53 Å². The molecule has 0 unspecified atom stereocenters. The molecule has 4 nitrogen and oxygen atoms in total. The Morgan fingerprint density at radius 2 is 1.77 bits per heavy atom.